The van der Waals surface area contributed by atoms with Crippen molar-refractivity contribution in [1.82, 2.24) is 41.8 Å². The summed E-state index contributed by atoms with van der Waals surface area (Å²) in [5.41, 5.74) is 46.4. The molecule has 1 saturated heterocycles. The number of hydrogen-bond acceptors (Lipinski definition) is 18. The van der Waals surface area contributed by atoms with Gasteiger partial charge in [0.2, 0.25) is 41.4 Å². The Labute approximate surface area is 464 Å². The highest BCUT2D eigenvalue weighted by atomic mass is 16.4. The molecule has 2 heterocycles. The molecule has 1 unspecified atom stereocenters. The van der Waals surface area contributed by atoms with E-state index in [1.807, 2.05) is 18.2 Å². The normalized spacial score (nSPS) is 16.4. The molecule has 9 atom stereocenters. The molecule has 0 radical (unpaired) electrons. The molecule has 1 aliphatic rings. The number of carboxylic acids is 1. The number of fused-ring (bicyclic) bond motifs is 1. The summed E-state index contributed by atoms with van der Waals surface area (Å²) in [7, 11) is 0. The van der Waals surface area contributed by atoms with Crippen LogP contribution in [0.5, 0.6) is 0 Å². The number of aliphatic carboxylic acids is 1. The Morgan fingerprint density at radius 3 is 1.99 bits per heavy atom. The maximum absolute atomic E-state index is 14.5. The van der Waals surface area contributed by atoms with E-state index in [0.717, 1.165) is 10.9 Å². The number of aliphatic hydroxyl groups excluding tert-OH is 2. The zero-order valence-corrected chi connectivity index (χ0v) is 45.2. The molecule has 80 heavy (non-hydrogen) atoms. The van der Waals surface area contributed by atoms with Crippen molar-refractivity contribution in [3.63, 3.8) is 0 Å². The number of amides is 7. The van der Waals surface area contributed by atoms with Crippen LogP contribution >= 0.6 is 0 Å². The SMILES string of the molecule is NCCCC[C@H](NC(=O)C(Cc1c[nH]c2ccccc12)NC(=O)[C@@H]1CCCN1C(=O)[C@@H](CCCN)NC(=O)CNC(=O)[C@@H](NC(=O)[C@@H](NC(=O)[C@@H](N)CCCCN)[C@@H](O)CN)[C@@H](O)CN)C(=O)CC/C(=C\CCN=C(N)N)C(=O)O. The van der Waals surface area contributed by atoms with E-state index in [1.165, 1.54) is 11.0 Å². The third-order valence-corrected chi connectivity index (χ3v) is 13.4. The smallest absolute Gasteiger partial charge is 0.331 e. The number of aliphatic imine (C=N–C) groups is 1. The van der Waals surface area contributed by atoms with Gasteiger partial charge in [0.15, 0.2) is 11.7 Å². The number of aliphatic hydroxyl groups is 2. The zero-order chi connectivity index (χ0) is 59.3. The first-order chi connectivity index (χ1) is 38.2. The lowest BCUT2D eigenvalue weighted by atomic mass is 9.97. The van der Waals surface area contributed by atoms with Crippen LogP contribution < -0.4 is 77.8 Å². The molecular formula is C51H85N17O12. The Kier molecular flexibility index (Phi) is 29.8. The van der Waals surface area contributed by atoms with E-state index in [9.17, 15) is 58.5 Å². The molecule has 29 nitrogen and oxygen atoms in total. The van der Waals surface area contributed by atoms with Crippen molar-refractivity contribution in [1.29, 1.82) is 0 Å². The molecule has 0 saturated carbocycles. The Balaban J connectivity index is 1.82. The van der Waals surface area contributed by atoms with Crippen molar-refractivity contribution >= 4 is 70.0 Å². The molecule has 0 bridgehead atoms. The minimum Gasteiger partial charge on any atom is -0.478 e. The van der Waals surface area contributed by atoms with Gasteiger partial charge in [-0.15, -0.1) is 0 Å². The van der Waals surface area contributed by atoms with Crippen molar-refractivity contribution in [3.8, 4) is 0 Å². The minimum absolute atomic E-state index is 0.00453. The fraction of sp³-hybridized carbons (Fsp3) is 0.608. The predicted octanol–water partition coefficient (Wildman–Crippen LogP) is -5.77. The fourth-order valence-corrected chi connectivity index (χ4v) is 8.93. The van der Waals surface area contributed by atoms with E-state index >= 15 is 0 Å². The van der Waals surface area contributed by atoms with Gasteiger partial charge >= 0.3 is 5.97 Å². The van der Waals surface area contributed by atoms with Crippen molar-refractivity contribution in [2.45, 2.75) is 144 Å². The van der Waals surface area contributed by atoms with Crippen LogP contribution in [0.1, 0.15) is 89.0 Å². The average Bonchev–Trinajstić information content (AvgIpc) is 4.12. The summed E-state index contributed by atoms with van der Waals surface area (Å²) < 4.78 is 0. The van der Waals surface area contributed by atoms with Crippen LogP contribution in [0, 0.1) is 0 Å². The van der Waals surface area contributed by atoms with Crippen LogP contribution in [0.2, 0.25) is 0 Å². The van der Waals surface area contributed by atoms with Gasteiger partial charge in [-0.3, -0.25) is 43.3 Å². The molecule has 1 aromatic heterocycles. The number of carbonyl (C=O) groups excluding carboxylic acids is 8. The number of aromatic nitrogens is 1. The Hall–Kier alpha value is -7.12. The first-order valence-corrected chi connectivity index (χ1v) is 27.0. The van der Waals surface area contributed by atoms with Crippen LogP contribution in [0.4, 0.5) is 0 Å². The summed E-state index contributed by atoms with van der Waals surface area (Å²) >= 11 is 0. The zero-order valence-electron chi connectivity index (χ0n) is 45.2. The largest absolute Gasteiger partial charge is 0.478 e. The summed E-state index contributed by atoms with van der Waals surface area (Å²) in [6.07, 6.45) is 2.68. The first-order valence-electron chi connectivity index (χ1n) is 27.0. The minimum atomic E-state index is -1.82. The number of carbonyl (C=O) groups is 9. The van der Waals surface area contributed by atoms with Gasteiger partial charge in [-0.25, -0.2) is 4.79 Å². The number of likely N-dealkylation sites (tertiary alicyclic amines) is 1. The second kappa shape index (κ2) is 35.5. The Bertz CT molecular complexity index is 2430. The molecule has 29 heteroatoms. The number of Topliss-reactive ketones (excluding diaryl/α,β-unsaturated/α-hetero) is 1. The number of ketones is 1. The number of aromatic amines is 1. The highest BCUT2D eigenvalue weighted by Gasteiger charge is 2.40. The van der Waals surface area contributed by atoms with E-state index in [-0.39, 0.29) is 89.0 Å². The Morgan fingerprint density at radius 1 is 0.725 bits per heavy atom. The Morgan fingerprint density at radius 2 is 1.35 bits per heavy atom. The number of para-hydroxylation sites is 1. The van der Waals surface area contributed by atoms with Gasteiger partial charge < -0.3 is 103 Å². The molecule has 3 rings (SSSR count). The van der Waals surface area contributed by atoms with Crippen LogP contribution in [0.3, 0.4) is 0 Å². The second-order valence-electron chi connectivity index (χ2n) is 19.5. The first kappa shape index (κ1) is 67.2. The number of guanidine groups is 1. The average molecular weight is 1130 g/mol. The number of unbranched alkanes of at least 4 members (excludes halogenated alkanes) is 2. The van der Waals surface area contributed by atoms with Gasteiger partial charge in [0, 0.05) is 61.7 Å². The van der Waals surface area contributed by atoms with Gasteiger partial charge in [0.1, 0.15) is 30.2 Å². The van der Waals surface area contributed by atoms with Crippen LogP contribution in [0.25, 0.3) is 10.9 Å². The lowest BCUT2D eigenvalue weighted by molar-refractivity contribution is -0.142. The topological polar surface area (TPSA) is 526 Å². The third-order valence-electron chi connectivity index (χ3n) is 13.4. The molecule has 2 aromatic rings. The molecule has 0 aliphatic carbocycles. The molecule has 26 N–H and O–H groups in total. The second-order valence-corrected chi connectivity index (χ2v) is 19.5. The molecule has 1 fully saturated rings. The maximum Gasteiger partial charge on any atom is 0.331 e. The number of rotatable bonds is 38. The molecule has 1 aliphatic heterocycles. The van der Waals surface area contributed by atoms with Gasteiger partial charge in [-0.2, -0.15) is 0 Å². The fourth-order valence-electron chi connectivity index (χ4n) is 8.93. The molecule has 7 amide bonds. The van der Waals surface area contributed by atoms with Gasteiger partial charge in [-0.1, -0.05) is 30.7 Å². The lowest BCUT2D eigenvalue weighted by Gasteiger charge is -2.30. The van der Waals surface area contributed by atoms with E-state index in [0.29, 0.717) is 50.8 Å². The maximum atomic E-state index is 14.5. The number of H-pyrrole nitrogens is 1. The van der Waals surface area contributed by atoms with Crippen molar-refractivity contribution in [3.05, 3.63) is 47.7 Å². The summed E-state index contributed by atoms with van der Waals surface area (Å²) in [6.45, 7) is -0.850. The monoisotopic (exact) mass is 1130 g/mol. The third kappa shape index (κ3) is 21.8. The number of nitrogens with one attached hydrogen (secondary N) is 7. The van der Waals surface area contributed by atoms with Gasteiger partial charge in [0.05, 0.1) is 30.8 Å². The van der Waals surface area contributed by atoms with Gasteiger partial charge in [0.25, 0.3) is 0 Å². The summed E-state index contributed by atoms with van der Waals surface area (Å²) in [6, 6.07) is -2.12. The molecular weight excluding hydrogens is 1040 g/mol. The summed E-state index contributed by atoms with van der Waals surface area (Å²) in [5, 5.41) is 46.9. The van der Waals surface area contributed by atoms with Crippen molar-refractivity contribution in [2.75, 3.05) is 52.4 Å². The number of hydrogen-bond donors (Lipinski definition) is 18. The van der Waals surface area contributed by atoms with Crippen LogP contribution in [-0.4, -0.2) is 191 Å². The van der Waals surface area contributed by atoms with Crippen LogP contribution in [0.15, 0.2) is 47.1 Å². The van der Waals surface area contributed by atoms with Crippen molar-refractivity contribution in [2.24, 2.45) is 50.9 Å². The van der Waals surface area contributed by atoms with E-state index in [1.54, 1.807) is 12.3 Å². The van der Waals surface area contributed by atoms with Crippen LogP contribution in [-0.2, 0) is 49.6 Å². The summed E-state index contributed by atoms with van der Waals surface area (Å²) in [5.74, 6) is -7.86. The molecule has 446 valence electrons. The summed E-state index contributed by atoms with van der Waals surface area (Å²) in [4.78, 5) is 131. The van der Waals surface area contributed by atoms with Crippen molar-refractivity contribution < 1.29 is 58.5 Å². The quantitative estimate of drug-likeness (QED) is 0.0129. The predicted molar refractivity (Wildman–Crippen MR) is 297 cm³/mol. The molecule has 0 spiro atoms. The van der Waals surface area contributed by atoms with Gasteiger partial charge in [-0.05, 0) is 102 Å². The van der Waals surface area contributed by atoms with E-state index in [4.69, 9.17) is 45.9 Å². The molecule has 1 aromatic carbocycles. The highest BCUT2D eigenvalue weighted by Crippen LogP contribution is 2.23. The standard InChI is InChI=1S/C51H85N17O12/c52-19-5-3-12-32(57)44(73)66-43(40(71)26-56)48(77)67-42(39(70)25-55)47(76)62-28-41(72)63-35(15-7-21-54)49(78)68-23-9-16-37(68)46(75)65-36(24-30-27-61-33-13-2-1-11-31(30)33)45(74)64-34(14-4-6-20-53)38(69)18-17-29(50(79)80)10-8-22-60-51(58)59/h1-2,10-11,13,27,32,34-37,39-40,42-43,61,70-71H,3-9,12,14-26,28,52-57H2,(H,62,76)(H,63,72)(H,64,74)(H,65,75)(H,66,73)(H,67,77)(H,79,80)(H4,58,59,60)/b29-10+/t32-,34-,35+,36?,37-,39-,40-,42-,43-/m0/s1. The number of nitrogens with zero attached hydrogens (tertiary/aromatic N) is 2. The number of carboxylic acid groups (broad SMARTS) is 1. The van der Waals surface area contributed by atoms with E-state index in [2.05, 4.69) is 41.9 Å². The van der Waals surface area contributed by atoms with E-state index < -0.39 is 127 Å². The number of nitrogens with two attached hydrogens (primary N) is 8. The highest BCUT2D eigenvalue weighted by molar-refractivity contribution is 5.98. The number of benzene rings is 1. The lowest BCUT2D eigenvalue weighted by Crippen LogP contribution is -2.63.